The minimum absolute atomic E-state index is 0.0125. The normalized spacial score (nSPS) is 21.8. The molecule has 0 unspecified atom stereocenters. The van der Waals surface area contributed by atoms with Gasteiger partial charge in [0.1, 0.15) is 5.75 Å². The van der Waals surface area contributed by atoms with Crippen LogP contribution in [-0.4, -0.2) is 42.8 Å². The van der Waals surface area contributed by atoms with Crippen molar-refractivity contribution in [2.45, 2.75) is 24.6 Å². The number of nitrogens with zero attached hydrogens (tertiary/aromatic N) is 2. The van der Waals surface area contributed by atoms with E-state index in [1.807, 2.05) is 36.4 Å². The van der Waals surface area contributed by atoms with E-state index in [1.165, 1.54) is 17.4 Å². The quantitative estimate of drug-likeness (QED) is 0.611. The van der Waals surface area contributed by atoms with Crippen LogP contribution < -0.4 is 10.2 Å². The molecular formula is C27H27N3O3S. The molecule has 3 aromatic carbocycles. The second kappa shape index (κ2) is 7.98. The average Bonchev–Trinajstić information content (AvgIpc) is 3.32. The van der Waals surface area contributed by atoms with Crippen molar-refractivity contribution in [3.8, 4) is 16.9 Å². The van der Waals surface area contributed by atoms with Crippen LogP contribution in [0.3, 0.4) is 0 Å². The number of hydrazine groups is 1. The van der Waals surface area contributed by atoms with Crippen molar-refractivity contribution in [2.75, 3.05) is 19.3 Å². The highest BCUT2D eigenvalue weighted by atomic mass is 32.2. The molecule has 6 rings (SSSR count). The molecule has 1 spiro atoms. The topological polar surface area (TPSA) is 61.9 Å². The van der Waals surface area contributed by atoms with Gasteiger partial charge in [-0.25, -0.2) is 12.7 Å². The van der Waals surface area contributed by atoms with Gasteiger partial charge in [0, 0.05) is 31.5 Å². The number of hydrogen-bond donors (Lipinski definition) is 1. The molecule has 0 bridgehead atoms. The summed E-state index contributed by atoms with van der Waals surface area (Å²) >= 11 is 0. The molecule has 1 atom stereocenters. The lowest BCUT2D eigenvalue weighted by Crippen LogP contribution is -2.64. The first-order valence-electron chi connectivity index (χ1n) is 11.6. The molecule has 0 aliphatic carbocycles. The van der Waals surface area contributed by atoms with Crippen LogP contribution in [0.1, 0.15) is 30.0 Å². The lowest BCUT2D eigenvalue weighted by molar-refractivity contribution is -0.153. The molecule has 1 fully saturated rings. The molecule has 3 aliphatic heterocycles. The van der Waals surface area contributed by atoms with Gasteiger partial charge in [0.25, 0.3) is 0 Å². The van der Waals surface area contributed by atoms with Gasteiger partial charge in [0.05, 0.1) is 18.0 Å². The van der Waals surface area contributed by atoms with Crippen LogP contribution in [0.15, 0.2) is 84.9 Å². The summed E-state index contributed by atoms with van der Waals surface area (Å²) in [6.07, 6.45) is 4.71. The van der Waals surface area contributed by atoms with Gasteiger partial charge in [-0.3, -0.25) is 0 Å². The van der Waals surface area contributed by atoms with Gasteiger partial charge in [-0.1, -0.05) is 72.8 Å². The second-order valence-corrected chi connectivity index (χ2v) is 11.2. The van der Waals surface area contributed by atoms with E-state index in [4.69, 9.17) is 4.74 Å². The Kier molecular flexibility index (Phi) is 5.02. The minimum atomic E-state index is -3.22. The molecule has 3 aromatic rings. The summed E-state index contributed by atoms with van der Waals surface area (Å²) in [5, 5.41) is 2.19. The maximum atomic E-state index is 12.1. The van der Waals surface area contributed by atoms with E-state index in [9.17, 15) is 8.42 Å². The van der Waals surface area contributed by atoms with Crippen LogP contribution in [0.2, 0.25) is 0 Å². The van der Waals surface area contributed by atoms with E-state index >= 15 is 0 Å². The molecule has 0 aromatic heterocycles. The molecular weight excluding hydrogens is 446 g/mol. The molecule has 0 radical (unpaired) electrons. The van der Waals surface area contributed by atoms with Crippen molar-refractivity contribution in [2.24, 2.45) is 0 Å². The summed E-state index contributed by atoms with van der Waals surface area (Å²) in [5.41, 5.74) is 8.65. The number of sulfonamides is 1. The Morgan fingerprint density at radius 3 is 2.18 bits per heavy atom. The van der Waals surface area contributed by atoms with Crippen LogP contribution in [0, 0.1) is 0 Å². The maximum Gasteiger partial charge on any atom is 0.211 e. The lowest BCUT2D eigenvalue weighted by Gasteiger charge is -2.51. The van der Waals surface area contributed by atoms with E-state index < -0.39 is 15.7 Å². The number of hydrogen-bond acceptors (Lipinski definition) is 5. The summed E-state index contributed by atoms with van der Waals surface area (Å²) in [5.74, 6) is 0.871. The molecule has 1 N–H and O–H groups in total. The standard InChI is InChI=1S/C27H27N3O3S/c1-34(31,32)29-17-15-27(16-18-29)30-25(23-9-5-6-10-26(23)33-27)19-24(28-30)22-13-11-21(12-14-22)20-7-3-2-4-8-20/h2-14,19,25,28H,15-18H2,1H3/t25-/m1/s1. The predicted octanol–water partition coefficient (Wildman–Crippen LogP) is 4.40. The number of ether oxygens (including phenoxy) is 1. The molecule has 34 heavy (non-hydrogen) atoms. The van der Waals surface area contributed by atoms with Crippen LogP contribution >= 0.6 is 0 Å². The summed E-state index contributed by atoms with van der Waals surface area (Å²) in [6, 6.07) is 27.1. The average molecular weight is 474 g/mol. The van der Waals surface area contributed by atoms with Crippen LogP contribution in [-0.2, 0) is 10.0 Å². The van der Waals surface area contributed by atoms with Crippen molar-refractivity contribution in [3.05, 3.63) is 96.1 Å². The molecule has 7 heteroatoms. The Hall–Kier alpha value is -3.13. The highest BCUT2D eigenvalue weighted by Crippen LogP contribution is 2.48. The number of rotatable bonds is 3. The number of benzene rings is 3. The first kappa shape index (κ1) is 21.4. The summed E-state index contributed by atoms with van der Waals surface area (Å²) in [4.78, 5) is 0. The van der Waals surface area contributed by atoms with Crippen LogP contribution in [0.4, 0.5) is 0 Å². The molecule has 3 aliphatic rings. The minimum Gasteiger partial charge on any atom is -0.470 e. The smallest absolute Gasteiger partial charge is 0.211 e. The number of nitrogens with one attached hydrogen (secondary N) is 1. The highest BCUT2D eigenvalue weighted by molar-refractivity contribution is 7.88. The number of para-hydroxylation sites is 1. The monoisotopic (exact) mass is 473 g/mol. The Labute approximate surface area is 200 Å². The Morgan fingerprint density at radius 2 is 1.47 bits per heavy atom. The fourth-order valence-electron chi connectivity index (χ4n) is 5.27. The van der Waals surface area contributed by atoms with Gasteiger partial charge >= 0.3 is 0 Å². The Morgan fingerprint density at radius 1 is 0.853 bits per heavy atom. The van der Waals surface area contributed by atoms with Crippen LogP contribution in [0.25, 0.3) is 16.8 Å². The molecule has 0 saturated carbocycles. The van der Waals surface area contributed by atoms with Gasteiger partial charge in [0.2, 0.25) is 10.0 Å². The zero-order valence-corrected chi connectivity index (χ0v) is 19.8. The molecule has 6 nitrogen and oxygen atoms in total. The molecule has 174 valence electrons. The van der Waals surface area contributed by atoms with Gasteiger partial charge in [0.15, 0.2) is 5.72 Å². The molecule has 1 saturated heterocycles. The molecule has 0 amide bonds. The third-order valence-electron chi connectivity index (χ3n) is 7.10. The summed E-state index contributed by atoms with van der Waals surface area (Å²) in [6.45, 7) is 0.875. The third-order valence-corrected chi connectivity index (χ3v) is 8.40. The highest BCUT2D eigenvalue weighted by Gasteiger charge is 2.52. The van der Waals surface area contributed by atoms with E-state index in [2.05, 4.69) is 59.0 Å². The Bertz CT molecular complexity index is 1350. The maximum absolute atomic E-state index is 12.1. The first-order valence-corrected chi connectivity index (χ1v) is 13.4. The fraction of sp³-hybridized carbons (Fsp3) is 0.259. The summed E-state index contributed by atoms with van der Waals surface area (Å²) in [7, 11) is -3.22. The zero-order chi connectivity index (χ0) is 23.3. The van der Waals surface area contributed by atoms with Crippen molar-refractivity contribution in [1.82, 2.24) is 14.7 Å². The van der Waals surface area contributed by atoms with E-state index in [1.54, 1.807) is 4.31 Å². The van der Waals surface area contributed by atoms with Gasteiger partial charge in [-0.2, -0.15) is 5.01 Å². The van der Waals surface area contributed by atoms with Gasteiger partial charge < -0.3 is 10.2 Å². The fourth-order valence-corrected chi connectivity index (χ4v) is 6.11. The first-order chi connectivity index (χ1) is 16.4. The summed E-state index contributed by atoms with van der Waals surface area (Å²) < 4.78 is 32.3. The van der Waals surface area contributed by atoms with Crippen molar-refractivity contribution < 1.29 is 13.2 Å². The van der Waals surface area contributed by atoms with E-state index in [-0.39, 0.29) is 6.04 Å². The van der Waals surface area contributed by atoms with Gasteiger partial charge in [-0.15, -0.1) is 0 Å². The molecule has 3 heterocycles. The zero-order valence-electron chi connectivity index (χ0n) is 19.0. The largest absolute Gasteiger partial charge is 0.470 e. The number of piperidine rings is 1. The van der Waals surface area contributed by atoms with Crippen molar-refractivity contribution in [3.63, 3.8) is 0 Å². The lowest BCUT2D eigenvalue weighted by atomic mass is 9.93. The Balaban J connectivity index is 1.32. The van der Waals surface area contributed by atoms with Crippen molar-refractivity contribution >= 4 is 15.7 Å². The second-order valence-electron chi connectivity index (χ2n) is 9.20. The van der Waals surface area contributed by atoms with Crippen molar-refractivity contribution in [1.29, 1.82) is 0 Å². The predicted molar refractivity (Wildman–Crippen MR) is 133 cm³/mol. The number of fused-ring (bicyclic) bond motifs is 4. The van der Waals surface area contributed by atoms with Gasteiger partial charge in [-0.05, 0) is 28.8 Å². The van der Waals surface area contributed by atoms with E-state index in [0.29, 0.717) is 25.9 Å². The van der Waals surface area contributed by atoms with E-state index in [0.717, 1.165) is 22.6 Å². The SMILES string of the molecule is CS(=O)(=O)N1CCC2(CC1)Oc1ccccc1[C@H]1C=C(c3ccc(-c4ccccc4)cc3)NN12. The third kappa shape index (κ3) is 3.60. The van der Waals surface area contributed by atoms with Crippen LogP contribution in [0.5, 0.6) is 5.75 Å².